The van der Waals surface area contributed by atoms with Crippen molar-refractivity contribution in [2.75, 3.05) is 32.8 Å². The van der Waals surface area contributed by atoms with Gasteiger partial charge in [-0.1, -0.05) is 33.1 Å². The smallest absolute Gasteiger partial charge is 0.364 e. The van der Waals surface area contributed by atoms with E-state index in [1.54, 1.807) is 27.7 Å². The van der Waals surface area contributed by atoms with Crippen molar-refractivity contribution < 1.29 is 35.5 Å². The molecule has 0 heterocycles. The van der Waals surface area contributed by atoms with Gasteiger partial charge in [-0.15, -0.1) is 0 Å². The lowest BCUT2D eigenvalue weighted by molar-refractivity contribution is -0.151. The quantitative estimate of drug-likeness (QED) is 0.125. The van der Waals surface area contributed by atoms with Crippen LogP contribution in [0.1, 0.15) is 67.2 Å². The van der Waals surface area contributed by atoms with Gasteiger partial charge in [0.1, 0.15) is 0 Å². The summed E-state index contributed by atoms with van der Waals surface area (Å²) in [6.45, 7) is 11.0. The predicted octanol–water partition coefficient (Wildman–Crippen LogP) is 2.54. The molecule has 0 bridgehead atoms. The third-order valence-corrected chi connectivity index (χ3v) is 8.48. The van der Waals surface area contributed by atoms with E-state index in [1.807, 2.05) is 13.8 Å². The fourth-order valence-corrected chi connectivity index (χ4v) is 6.22. The number of hydrogen-bond acceptors (Lipinski definition) is 8. The molecule has 212 valence electrons. The van der Waals surface area contributed by atoms with E-state index in [4.69, 9.17) is 29.2 Å². The number of ether oxygens (including phenoxy) is 1. The third kappa shape index (κ3) is 9.85. The van der Waals surface area contributed by atoms with Crippen LogP contribution in [0.2, 0.25) is 0 Å². The Labute approximate surface area is 226 Å². The molecule has 0 aliphatic heterocycles. The topological polar surface area (TPSA) is 148 Å². The lowest BCUT2D eigenvalue weighted by Crippen LogP contribution is -2.64. The van der Waals surface area contributed by atoms with Gasteiger partial charge in [-0.3, -0.25) is 9.11 Å². The minimum absolute atomic E-state index is 0.0359. The van der Waals surface area contributed by atoms with Crippen LogP contribution in [0.4, 0.5) is 0 Å². The summed E-state index contributed by atoms with van der Waals surface area (Å²) in [6, 6.07) is 0. The summed E-state index contributed by atoms with van der Waals surface area (Å²) < 4.78 is 75.9. The Kier molecular flexibility index (Phi) is 15.2. The molecule has 0 rings (SSSR count). The van der Waals surface area contributed by atoms with Crippen LogP contribution < -0.4 is 0 Å². The number of rotatable bonds is 15. The largest absolute Gasteiger partial charge is 0.462 e. The molecule has 12 nitrogen and oxygen atoms in total. The average molecular weight is 593 g/mol. The molecule has 0 aliphatic rings. The molecule has 0 aliphatic carbocycles. The zero-order chi connectivity index (χ0) is 28.3. The Bertz CT molecular complexity index is 877. The maximum atomic E-state index is 13.4. The molecule has 0 saturated carbocycles. The Balaban J connectivity index is 6.93. The van der Waals surface area contributed by atoms with E-state index in [9.17, 15) is 30.7 Å². The van der Waals surface area contributed by atoms with Crippen LogP contribution >= 0.6 is 24.4 Å². The Morgan fingerprint density at radius 3 is 1.47 bits per heavy atom. The van der Waals surface area contributed by atoms with Crippen molar-refractivity contribution in [2.45, 2.75) is 73.4 Å². The number of unbranched alkanes of at least 4 members (excludes halogenated alkanes) is 1. The van der Waals surface area contributed by atoms with Crippen LogP contribution in [0.15, 0.2) is 0 Å². The van der Waals surface area contributed by atoms with Crippen molar-refractivity contribution >= 4 is 61.2 Å². The van der Waals surface area contributed by atoms with Gasteiger partial charge >= 0.3 is 26.6 Å². The minimum Gasteiger partial charge on any atom is -0.462 e. The van der Waals surface area contributed by atoms with E-state index < -0.39 is 43.0 Å². The first-order valence-electron chi connectivity index (χ1n) is 11.9. The van der Waals surface area contributed by atoms with Gasteiger partial charge in [0.05, 0.1) is 6.61 Å². The van der Waals surface area contributed by atoms with Crippen molar-refractivity contribution in [3.8, 4) is 0 Å². The summed E-state index contributed by atoms with van der Waals surface area (Å²) in [6.07, 6.45) is 0.699. The van der Waals surface area contributed by atoms with Gasteiger partial charge in [0, 0.05) is 26.2 Å². The molecule has 1 unspecified atom stereocenters. The molecular formula is C20H40N4O8S4. The molecule has 36 heavy (non-hydrogen) atoms. The second-order valence-electron chi connectivity index (χ2n) is 7.88. The minimum atomic E-state index is -5.36. The van der Waals surface area contributed by atoms with Gasteiger partial charge < -0.3 is 14.5 Å². The molecule has 2 N–H and O–H groups in total. The molecule has 0 aromatic heterocycles. The number of nitrogens with zero attached hydrogens (tertiary/aromatic N) is 4. The second kappa shape index (κ2) is 15.8. The highest BCUT2D eigenvalue weighted by Crippen LogP contribution is 2.22. The van der Waals surface area contributed by atoms with Crippen molar-refractivity contribution in [1.29, 1.82) is 0 Å². The van der Waals surface area contributed by atoms with Gasteiger partial charge in [0.2, 0.25) is 6.17 Å². The fourth-order valence-electron chi connectivity index (χ4n) is 3.39. The molecule has 0 aromatic rings. The van der Waals surface area contributed by atoms with Crippen molar-refractivity contribution in [2.24, 2.45) is 5.92 Å². The van der Waals surface area contributed by atoms with Gasteiger partial charge in [-0.05, 0) is 64.5 Å². The van der Waals surface area contributed by atoms with E-state index >= 15 is 0 Å². The summed E-state index contributed by atoms with van der Waals surface area (Å²) in [4.78, 5) is 16.0. The lowest BCUT2D eigenvalue weighted by Gasteiger charge is -2.40. The van der Waals surface area contributed by atoms with Crippen molar-refractivity contribution in [3.63, 3.8) is 0 Å². The van der Waals surface area contributed by atoms with E-state index in [1.165, 1.54) is 9.80 Å². The van der Waals surface area contributed by atoms with Gasteiger partial charge in [-0.2, -0.15) is 25.4 Å². The molecule has 0 amide bonds. The van der Waals surface area contributed by atoms with E-state index in [0.29, 0.717) is 6.42 Å². The highest BCUT2D eigenvalue weighted by atomic mass is 32.2. The molecule has 0 saturated heterocycles. The van der Waals surface area contributed by atoms with Crippen LogP contribution in [-0.4, -0.2) is 99.5 Å². The Morgan fingerprint density at radius 2 is 1.19 bits per heavy atom. The normalized spacial score (nSPS) is 12.7. The summed E-state index contributed by atoms with van der Waals surface area (Å²) in [5.41, 5.74) is 0. The van der Waals surface area contributed by atoms with E-state index in [-0.39, 0.29) is 47.3 Å². The maximum Gasteiger partial charge on any atom is 0.364 e. The van der Waals surface area contributed by atoms with E-state index in [2.05, 4.69) is 0 Å². The Morgan fingerprint density at radius 1 is 0.806 bits per heavy atom. The zero-order valence-electron chi connectivity index (χ0n) is 21.8. The molecule has 0 radical (unpaired) electrons. The lowest BCUT2D eigenvalue weighted by atomic mass is 10.0. The SMILES string of the molecule is CCCCC(CC)COC(=O)C(N(C(=S)N(CC)CC)S(=O)(=O)O)N(C(=S)N(CC)CC)S(=O)(=O)O. The molecule has 1 atom stereocenters. The van der Waals surface area contributed by atoms with Crippen LogP contribution in [-0.2, 0) is 30.1 Å². The summed E-state index contributed by atoms with van der Waals surface area (Å²) >= 11 is 10.5. The number of carbonyl (C=O) groups excluding carboxylic acids is 1. The van der Waals surface area contributed by atoms with E-state index in [0.717, 1.165) is 19.3 Å². The van der Waals surface area contributed by atoms with Gasteiger partial charge in [-0.25, -0.2) is 4.79 Å². The van der Waals surface area contributed by atoms with Crippen LogP contribution in [0.3, 0.4) is 0 Å². The number of esters is 1. The average Bonchev–Trinajstić information content (AvgIpc) is 2.78. The second-order valence-corrected chi connectivity index (χ2v) is 11.2. The first-order chi connectivity index (χ1) is 16.7. The molecule has 0 fully saturated rings. The fraction of sp³-hybridized carbons (Fsp3) is 0.850. The number of hydrogen-bond donors (Lipinski definition) is 2. The molecule has 0 spiro atoms. The van der Waals surface area contributed by atoms with Gasteiger partial charge in [0.15, 0.2) is 10.2 Å². The first kappa shape index (κ1) is 34.7. The summed E-state index contributed by atoms with van der Waals surface area (Å²) in [5, 5.41) is -1.14. The monoisotopic (exact) mass is 592 g/mol. The standard InChI is InChI=1S/C20H40N4O8S4/c1-7-13-14-16(8-2)15-32-18(25)17(23(35(26,27)28)19(33)21(9-3)10-4)24(36(29,30)31)20(34)22(11-5)12-6/h16-17H,7-15H2,1-6H3,(H,26,27,28)(H,29,30,31). The highest BCUT2D eigenvalue weighted by Gasteiger charge is 2.48. The Hall–Kier alpha value is -1.33. The third-order valence-electron chi connectivity index (χ3n) is 5.60. The zero-order valence-corrected chi connectivity index (χ0v) is 25.1. The van der Waals surface area contributed by atoms with Crippen molar-refractivity contribution in [1.82, 2.24) is 18.4 Å². The predicted molar refractivity (Wildman–Crippen MR) is 146 cm³/mol. The number of carbonyl (C=O) groups is 1. The first-order valence-corrected chi connectivity index (χ1v) is 15.5. The number of thiocarbonyl (C=S) groups is 2. The molecule has 16 heteroatoms. The maximum absolute atomic E-state index is 13.4. The molecule has 0 aromatic carbocycles. The van der Waals surface area contributed by atoms with Crippen LogP contribution in [0, 0.1) is 5.92 Å². The van der Waals surface area contributed by atoms with Gasteiger partial charge in [0.25, 0.3) is 0 Å². The molecular weight excluding hydrogens is 553 g/mol. The highest BCUT2D eigenvalue weighted by molar-refractivity contribution is 7.88. The summed E-state index contributed by atoms with van der Waals surface area (Å²) in [7, 11) is -10.7. The van der Waals surface area contributed by atoms with Crippen LogP contribution in [0.5, 0.6) is 0 Å². The summed E-state index contributed by atoms with van der Waals surface area (Å²) in [5.74, 6) is -1.44. The van der Waals surface area contributed by atoms with Crippen molar-refractivity contribution in [3.05, 3.63) is 0 Å². The van der Waals surface area contributed by atoms with Crippen LogP contribution in [0.25, 0.3) is 0 Å².